The molecule has 0 bridgehead atoms. The smallest absolute Gasteiger partial charge is 0.163 e. The van der Waals surface area contributed by atoms with Crippen molar-refractivity contribution in [1.82, 2.24) is 4.57 Å². The minimum Gasteiger partial charge on any atom is -0.347 e. The first kappa shape index (κ1) is 15.6. The molecule has 3 heteroatoms. The summed E-state index contributed by atoms with van der Waals surface area (Å²) in [6.07, 6.45) is 3.98. The van der Waals surface area contributed by atoms with Gasteiger partial charge in [-0.05, 0) is 48.9 Å². The summed E-state index contributed by atoms with van der Waals surface area (Å²) in [6, 6.07) is 16.3. The summed E-state index contributed by atoms with van der Waals surface area (Å²) in [4.78, 5) is 12.8. The Hall–Kier alpha value is -1.87. The predicted octanol–water partition coefficient (Wildman–Crippen LogP) is 5.63. The van der Waals surface area contributed by atoms with Gasteiger partial charge in [0.15, 0.2) is 5.78 Å². The molecule has 24 heavy (non-hydrogen) atoms. The number of nitrogens with zero attached hydrogens (tertiary/aromatic N) is 1. The molecule has 0 fully saturated rings. The lowest BCUT2D eigenvalue weighted by molar-refractivity contribution is 0.0971. The predicted molar refractivity (Wildman–Crippen MR) is 102 cm³/mol. The van der Waals surface area contributed by atoms with E-state index in [4.69, 9.17) is 0 Å². The summed E-state index contributed by atoms with van der Waals surface area (Å²) in [5.74, 6) is 0.573. The number of carbonyl (C=O) groups excluding carboxylic acids is 1. The summed E-state index contributed by atoms with van der Waals surface area (Å²) >= 11 is 3.43. The molecule has 2 nitrogen and oxygen atoms in total. The van der Waals surface area contributed by atoms with E-state index in [9.17, 15) is 4.79 Å². The summed E-state index contributed by atoms with van der Waals surface area (Å²) in [6.45, 7) is 0. The number of aryl methyl sites for hydroxylation is 1. The van der Waals surface area contributed by atoms with E-state index >= 15 is 0 Å². The van der Waals surface area contributed by atoms with Crippen LogP contribution in [0.1, 0.15) is 46.8 Å². The molecule has 1 aromatic heterocycles. The lowest BCUT2D eigenvalue weighted by atomic mass is 9.81. The number of halogens is 1. The molecule has 0 aliphatic heterocycles. The summed E-state index contributed by atoms with van der Waals surface area (Å²) < 4.78 is 3.33. The number of aromatic nitrogens is 1. The number of para-hydroxylation sites is 1. The second-order valence-electron chi connectivity index (χ2n) is 6.66. The molecule has 0 spiro atoms. The Labute approximate surface area is 150 Å². The van der Waals surface area contributed by atoms with Crippen LogP contribution in [0.25, 0.3) is 10.9 Å². The van der Waals surface area contributed by atoms with Crippen LogP contribution in [0, 0.1) is 0 Å². The molecule has 0 saturated heterocycles. The third-order valence-electron chi connectivity index (χ3n) is 5.24. The van der Waals surface area contributed by atoms with E-state index in [1.165, 1.54) is 22.2 Å². The maximum Gasteiger partial charge on any atom is 0.163 e. The van der Waals surface area contributed by atoms with Gasteiger partial charge < -0.3 is 4.57 Å². The first-order chi connectivity index (χ1) is 11.6. The van der Waals surface area contributed by atoms with Crippen molar-refractivity contribution in [2.45, 2.75) is 31.6 Å². The Morgan fingerprint density at radius 3 is 2.71 bits per heavy atom. The molecule has 0 radical (unpaired) electrons. The molecule has 1 aliphatic carbocycles. The Morgan fingerprint density at radius 1 is 1.17 bits per heavy atom. The van der Waals surface area contributed by atoms with Crippen molar-refractivity contribution in [2.75, 3.05) is 0 Å². The molecule has 0 amide bonds. The Kier molecular flexibility index (Phi) is 4.05. The van der Waals surface area contributed by atoms with E-state index in [1.54, 1.807) is 0 Å². The van der Waals surface area contributed by atoms with Crippen LogP contribution < -0.4 is 0 Å². The van der Waals surface area contributed by atoms with Crippen LogP contribution in [0.5, 0.6) is 0 Å². The number of carbonyl (C=O) groups is 1. The summed E-state index contributed by atoms with van der Waals surface area (Å²) in [5.41, 5.74) is 4.91. The number of hydrogen-bond donors (Lipinski definition) is 0. The van der Waals surface area contributed by atoms with E-state index in [-0.39, 0.29) is 5.78 Å². The average molecular weight is 382 g/mol. The van der Waals surface area contributed by atoms with Crippen LogP contribution in [-0.4, -0.2) is 10.4 Å². The fourth-order valence-corrected chi connectivity index (χ4v) is 4.34. The SMILES string of the molecule is Cn1c2c(c3ccccc31)C(CC(=O)c1ccc(Br)cc1)CCC2. The Morgan fingerprint density at radius 2 is 1.92 bits per heavy atom. The van der Waals surface area contributed by atoms with Gasteiger partial charge in [0.25, 0.3) is 0 Å². The second-order valence-corrected chi connectivity index (χ2v) is 7.58. The van der Waals surface area contributed by atoms with Crippen LogP contribution in [0.4, 0.5) is 0 Å². The highest BCUT2D eigenvalue weighted by Crippen LogP contribution is 2.40. The van der Waals surface area contributed by atoms with E-state index in [0.29, 0.717) is 12.3 Å². The molecular formula is C21H20BrNO. The largest absolute Gasteiger partial charge is 0.347 e. The quantitative estimate of drug-likeness (QED) is 0.538. The molecule has 0 saturated carbocycles. The van der Waals surface area contributed by atoms with Crippen molar-refractivity contribution in [3.05, 3.63) is 69.8 Å². The van der Waals surface area contributed by atoms with E-state index in [0.717, 1.165) is 29.3 Å². The molecule has 1 aliphatic rings. The summed E-state index contributed by atoms with van der Waals surface area (Å²) in [5, 5.41) is 1.32. The van der Waals surface area contributed by atoms with Gasteiger partial charge in [0.05, 0.1) is 0 Å². The topological polar surface area (TPSA) is 22.0 Å². The molecule has 122 valence electrons. The minimum atomic E-state index is 0.244. The highest BCUT2D eigenvalue weighted by Gasteiger charge is 2.28. The van der Waals surface area contributed by atoms with Gasteiger partial charge in [-0.1, -0.05) is 46.3 Å². The standard InChI is InChI=1S/C21H20BrNO/c1-23-18-7-3-2-6-17(18)21-15(5-4-8-19(21)23)13-20(24)14-9-11-16(22)12-10-14/h2-3,6-7,9-12,15H,4-5,8,13H2,1H3. The average Bonchev–Trinajstić information content (AvgIpc) is 2.90. The van der Waals surface area contributed by atoms with Gasteiger partial charge in [-0.25, -0.2) is 0 Å². The minimum absolute atomic E-state index is 0.244. The van der Waals surface area contributed by atoms with Crippen molar-refractivity contribution in [2.24, 2.45) is 7.05 Å². The zero-order chi connectivity index (χ0) is 16.7. The molecule has 2 aromatic carbocycles. The molecule has 1 atom stereocenters. The van der Waals surface area contributed by atoms with Crippen LogP contribution in [0.15, 0.2) is 53.0 Å². The highest BCUT2D eigenvalue weighted by molar-refractivity contribution is 9.10. The van der Waals surface area contributed by atoms with E-state index < -0.39 is 0 Å². The number of ketones is 1. The molecular weight excluding hydrogens is 362 g/mol. The fraction of sp³-hybridized carbons (Fsp3) is 0.286. The summed E-state index contributed by atoms with van der Waals surface area (Å²) in [7, 11) is 2.15. The normalized spacial score (nSPS) is 17.0. The van der Waals surface area contributed by atoms with Crippen molar-refractivity contribution >= 4 is 32.6 Å². The van der Waals surface area contributed by atoms with Crippen LogP contribution >= 0.6 is 15.9 Å². The van der Waals surface area contributed by atoms with Crippen LogP contribution in [0.2, 0.25) is 0 Å². The lowest BCUT2D eigenvalue weighted by Crippen LogP contribution is -2.14. The van der Waals surface area contributed by atoms with Gasteiger partial charge in [0, 0.05) is 40.1 Å². The zero-order valence-electron chi connectivity index (χ0n) is 13.8. The third kappa shape index (κ3) is 2.61. The maximum atomic E-state index is 12.8. The van der Waals surface area contributed by atoms with Crippen molar-refractivity contribution in [3.8, 4) is 0 Å². The first-order valence-corrected chi connectivity index (χ1v) is 9.29. The van der Waals surface area contributed by atoms with Gasteiger partial charge in [-0.2, -0.15) is 0 Å². The van der Waals surface area contributed by atoms with Gasteiger partial charge in [-0.15, -0.1) is 0 Å². The molecule has 1 heterocycles. The van der Waals surface area contributed by atoms with Crippen LogP contribution in [0.3, 0.4) is 0 Å². The monoisotopic (exact) mass is 381 g/mol. The molecule has 3 aromatic rings. The molecule has 4 rings (SSSR count). The first-order valence-electron chi connectivity index (χ1n) is 8.50. The number of fused-ring (bicyclic) bond motifs is 3. The fourth-order valence-electron chi connectivity index (χ4n) is 4.08. The number of rotatable bonds is 3. The lowest BCUT2D eigenvalue weighted by Gasteiger charge is -2.23. The van der Waals surface area contributed by atoms with Gasteiger partial charge in [0.1, 0.15) is 0 Å². The zero-order valence-corrected chi connectivity index (χ0v) is 15.3. The van der Waals surface area contributed by atoms with E-state index in [1.807, 2.05) is 24.3 Å². The second kappa shape index (κ2) is 6.21. The van der Waals surface area contributed by atoms with Crippen molar-refractivity contribution in [3.63, 3.8) is 0 Å². The number of Topliss-reactive ketones (excluding diaryl/α,β-unsaturated/α-hetero) is 1. The Balaban J connectivity index is 1.70. The third-order valence-corrected chi connectivity index (χ3v) is 5.77. The van der Waals surface area contributed by atoms with E-state index in [2.05, 4.69) is 51.8 Å². The molecule has 0 N–H and O–H groups in total. The van der Waals surface area contributed by atoms with Gasteiger partial charge in [0.2, 0.25) is 0 Å². The maximum absolute atomic E-state index is 12.8. The Bertz CT molecular complexity index is 907. The van der Waals surface area contributed by atoms with Crippen molar-refractivity contribution < 1.29 is 4.79 Å². The molecule has 1 unspecified atom stereocenters. The van der Waals surface area contributed by atoms with Gasteiger partial charge >= 0.3 is 0 Å². The van der Waals surface area contributed by atoms with Crippen molar-refractivity contribution in [1.29, 1.82) is 0 Å². The van der Waals surface area contributed by atoms with Gasteiger partial charge in [-0.3, -0.25) is 4.79 Å². The van der Waals surface area contributed by atoms with Crippen LogP contribution in [-0.2, 0) is 13.5 Å². The highest BCUT2D eigenvalue weighted by atomic mass is 79.9. The number of benzene rings is 2. The number of hydrogen-bond acceptors (Lipinski definition) is 1.